The molecule has 8 nitrogen and oxygen atoms in total. The van der Waals surface area contributed by atoms with Gasteiger partial charge in [-0.25, -0.2) is 0 Å². The molecule has 0 spiro atoms. The minimum atomic E-state index is -0.498. The summed E-state index contributed by atoms with van der Waals surface area (Å²) in [5.41, 5.74) is 0.621. The van der Waals surface area contributed by atoms with Crippen molar-refractivity contribution in [3.8, 4) is 5.75 Å². The van der Waals surface area contributed by atoms with Gasteiger partial charge in [-0.3, -0.25) is 14.9 Å². The average molecular weight is 295 g/mol. The maximum Gasteiger partial charge on any atom is 0.296 e. The lowest BCUT2D eigenvalue weighted by atomic mass is 10.1. The molecule has 1 heterocycles. The fourth-order valence-electron chi connectivity index (χ4n) is 2.25. The molecule has 1 aliphatic rings. The van der Waals surface area contributed by atoms with Gasteiger partial charge in [-0.15, -0.1) is 0 Å². The lowest BCUT2D eigenvalue weighted by Gasteiger charge is -2.29. The summed E-state index contributed by atoms with van der Waals surface area (Å²) in [5, 5.41) is 23.1. The molecular formula is C13H17N3O5. The second kappa shape index (κ2) is 5.96. The average Bonchev–Trinajstić information content (AvgIpc) is 2.42. The summed E-state index contributed by atoms with van der Waals surface area (Å²) in [5.74, 6) is -0.0293. The lowest BCUT2D eigenvalue weighted by Crippen LogP contribution is -2.34. The second-order valence-corrected chi connectivity index (χ2v) is 4.94. The number of rotatable bonds is 5. The predicted molar refractivity (Wildman–Crippen MR) is 76.8 cm³/mol. The van der Waals surface area contributed by atoms with Crippen molar-refractivity contribution < 1.29 is 19.6 Å². The van der Waals surface area contributed by atoms with Crippen molar-refractivity contribution in [2.45, 2.75) is 19.9 Å². The Labute approximate surface area is 121 Å². The van der Waals surface area contributed by atoms with E-state index in [9.17, 15) is 14.9 Å². The number of nitrogens with zero attached hydrogens (tertiary/aromatic N) is 2. The van der Waals surface area contributed by atoms with E-state index in [2.05, 4.69) is 5.32 Å². The molecule has 1 aliphatic heterocycles. The molecule has 0 radical (unpaired) electrons. The Morgan fingerprint density at radius 2 is 2.24 bits per heavy atom. The number of carbonyl (C=O) groups excluding carboxylic acids is 1. The molecule has 0 aromatic heterocycles. The zero-order valence-electron chi connectivity index (χ0n) is 11.8. The topological polar surface area (TPSA) is 105 Å². The van der Waals surface area contributed by atoms with Gasteiger partial charge in [-0.2, -0.15) is 0 Å². The standard InChI is InChI=1S/C13H17N3O5/c1-8(2)15(3-4-17)10-5-9-12(6-11(10)16(19)20)21-7-13(18)14-9/h5-6,8,17H,3-4,7H2,1-2H3,(H,14,18). The number of aliphatic hydroxyl groups excluding tert-OH is 1. The Hall–Kier alpha value is -2.35. The zero-order chi connectivity index (χ0) is 15.6. The van der Waals surface area contributed by atoms with Gasteiger partial charge >= 0.3 is 0 Å². The number of ether oxygens (including phenoxy) is 1. The van der Waals surface area contributed by atoms with E-state index in [1.54, 1.807) is 4.90 Å². The highest BCUT2D eigenvalue weighted by atomic mass is 16.6. The molecule has 0 bridgehead atoms. The summed E-state index contributed by atoms with van der Waals surface area (Å²) >= 11 is 0. The van der Waals surface area contributed by atoms with E-state index < -0.39 is 4.92 Å². The first kappa shape index (κ1) is 15.0. The number of fused-ring (bicyclic) bond motifs is 1. The number of hydrogen-bond donors (Lipinski definition) is 2. The number of nitrogens with one attached hydrogen (secondary N) is 1. The van der Waals surface area contributed by atoms with Crippen LogP contribution in [0.15, 0.2) is 12.1 Å². The van der Waals surface area contributed by atoms with Gasteiger partial charge in [-0.1, -0.05) is 0 Å². The number of benzene rings is 1. The van der Waals surface area contributed by atoms with Crippen molar-refractivity contribution in [1.82, 2.24) is 0 Å². The first-order valence-corrected chi connectivity index (χ1v) is 6.56. The fraction of sp³-hybridized carbons (Fsp3) is 0.462. The van der Waals surface area contributed by atoms with Crippen LogP contribution in [0.25, 0.3) is 0 Å². The van der Waals surface area contributed by atoms with Crippen LogP contribution in [0.4, 0.5) is 17.1 Å². The van der Waals surface area contributed by atoms with Gasteiger partial charge in [0.15, 0.2) is 12.4 Å². The monoisotopic (exact) mass is 295 g/mol. The first-order valence-electron chi connectivity index (χ1n) is 6.56. The summed E-state index contributed by atoms with van der Waals surface area (Å²) in [7, 11) is 0. The number of hydrogen-bond acceptors (Lipinski definition) is 6. The molecule has 0 saturated heterocycles. The van der Waals surface area contributed by atoms with Gasteiger partial charge in [0, 0.05) is 12.6 Å². The van der Waals surface area contributed by atoms with Crippen LogP contribution in [0.2, 0.25) is 0 Å². The van der Waals surface area contributed by atoms with E-state index in [1.807, 2.05) is 13.8 Å². The highest BCUT2D eigenvalue weighted by molar-refractivity contribution is 5.97. The molecule has 0 atom stereocenters. The predicted octanol–water partition coefficient (Wildman–Crippen LogP) is 1.13. The fourth-order valence-corrected chi connectivity index (χ4v) is 2.25. The maximum atomic E-state index is 11.4. The van der Waals surface area contributed by atoms with Crippen LogP contribution in [-0.2, 0) is 4.79 Å². The van der Waals surface area contributed by atoms with Crippen molar-refractivity contribution in [1.29, 1.82) is 0 Å². The summed E-state index contributed by atoms with van der Waals surface area (Å²) in [6, 6.07) is 2.77. The summed E-state index contributed by atoms with van der Waals surface area (Å²) in [6.07, 6.45) is 0. The number of aliphatic hydroxyl groups is 1. The van der Waals surface area contributed by atoms with E-state index in [-0.39, 0.29) is 43.1 Å². The van der Waals surface area contributed by atoms with E-state index in [4.69, 9.17) is 9.84 Å². The number of carbonyl (C=O) groups is 1. The van der Waals surface area contributed by atoms with Crippen LogP contribution in [0.1, 0.15) is 13.8 Å². The second-order valence-electron chi connectivity index (χ2n) is 4.94. The highest BCUT2D eigenvalue weighted by Gasteiger charge is 2.27. The molecule has 2 rings (SSSR count). The minimum Gasteiger partial charge on any atom is -0.481 e. The zero-order valence-corrected chi connectivity index (χ0v) is 11.8. The molecule has 1 amide bonds. The summed E-state index contributed by atoms with van der Waals surface area (Å²) in [6.45, 7) is 3.71. The van der Waals surface area contributed by atoms with Gasteiger partial charge in [0.25, 0.3) is 11.6 Å². The van der Waals surface area contributed by atoms with Crippen molar-refractivity contribution in [2.24, 2.45) is 0 Å². The Kier molecular flexibility index (Phi) is 4.27. The molecule has 0 fully saturated rings. The Balaban J connectivity index is 2.54. The van der Waals surface area contributed by atoms with Crippen molar-refractivity contribution in [3.05, 3.63) is 22.2 Å². The van der Waals surface area contributed by atoms with Gasteiger partial charge < -0.3 is 20.1 Å². The third-order valence-corrected chi connectivity index (χ3v) is 3.18. The molecule has 8 heteroatoms. The number of nitro benzene ring substituents is 1. The molecule has 1 aromatic rings. The molecule has 2 N–H and O–H groups in total. The van der Waals surface area contributed by atoms with Crippen molar-refractivity contribution >= 4 is 23.0 Å². The maximum absolute atomic E-state index is 11.4. The molecule has 0 unspecified atom stereocenters. The van der Waals surface area contributed by atoms with Gasteiger partial charge in [0.05, 0.1) is 23.3 Å². The largest absolute Gasteiger partial charge is 0.481 e. The molecular weight excluding hydrogens is 278 g/mol. The Bertz CT molecular complexity index is 573. The third kappa shape index (κ3) is 3.05. The lowest BCUT2D eigenvalue weighted by molar-refractivity contribution is -0.384. The van der Waals surface area contributed by atoms with Crippen LogP contribution in [-0.4, -0.2) is 41.7 Å². The van der Waals surface area contributed by atoms with E-state index in [0.717, 1.165) is 0 Å². The molecule has 21 heavy (non-hydrogen) atoms. The first-order chi connectivity index (χ1) is 9.93. The van der Waals surface area contributed by atoms with E-state index in [1.165, 1.54) is 12.1 Å². The van der Waals surface area contributed by atoms with Crippen LogP contribution < -0.4 is 15.0 Å². The summed E-state index contributed by atoms with van der Waals surface area (Å²) in [4.78, 5) is 23.8. The van der Waals surface area contributed by atoms with Gasteiger partial charge in [0.2, 0.25) is 0 Å². The quantitative estimate of drug-likeness (QED) is 0.623. The third-order valence-electron chi connectivity index (χ3n) is 3.18. The van der Waals surface area contributed by atoms with Crippen molar-refractivity contribution in [3.63, 3.8) is 0 Å². The van der Waals surface area contributed by atoms with Crippen LogP contribution in [0.3, 0.4) is 0 Å². The minimum absolute atomic E-state index is 0.0471. The normalized spacial score (nSPS) is 13.4. The number of amides is 1. The molecule has 1 aromatic carbocycles. The SMILES string of the molecule is CC(C)N(CCO)c1cc2c(cc1[N+](=O)[O-])OCC(=O)N2. The van der Waals surface area contributed by atoms with Gasteiger partial charge in [0.1, 0.15) is 5.69 Å². The smallest absolute Gasteiger partial charge is 0.296 e. The van der Waals surface area contributed by atoms with Crippen LogP contribution >= 0.6 is 0 Å². The molecule has 0 aliphatic carbocycles. The van der Waals surface area contributed by atoms with E-state index in [0.29, 0.717) is 11.4 Å². The van der Waals surface area contributed by atoms with Gasteiger partial charge in [-0.05, 0) is 19.9 Å². The highest BCUT2D eigenvalue weighted by Crippen LogP contribution is 2.40. The molecule has 114 valence electrons. The van der Waals surface area contributed by atoms with Crippen LogP contribution in [0, 0.1) is 10.1 Å². The number of anilines is 2. The summed E-state index contributed by atoms with van der Waals surface area (Å²) < 4.78 is 5.20. The van der Waals surface area contributed by atoms with Crippen molar-refractivity contribution in [2.75, 3.05) is 30.0 Å². The van der Waals surface area contributed by atoms with Crippen LogP contribution in [0.5, 0.6) is 5.75 Å². The molecule has 0 saturated carbocycles. The Morgan fingerprint density at radius 3 is 2.81 bits per heavy atom. The number of nitro groups is 1. The van der Waals surface area contributed by atoms with E-state index >= 15 is 0 Å². The Morgan fingerprint density at radius 1 is 1.52 bits per heavy atom.